The number of aliphatic hydroxyl groups is 1. The van der Waals surface area contributed by atoms with Crippen LogP contribution in [0.15, 0.2) is 48.6 Å². The van der Waals surface area contributed by atoms with Gasteiger partial charge in [-0.25, -0.2) is 18.4 Å². The summed E-state index contributed by atoms with van der Waals surface area (Å²) in [6, 6.07) is 11.1. The molecule has 222 valence electrons. The van der Waals surface area contributed by atoms with Crippen LogP contribution in [0.5, 0.6) is 5.75 Å². The van der Waals surface area contributed by atoms with Crippen LogP contribution in [0.4, 0.5) is 5.69 Å². The van der Waals surface area contributed by atoms with Crippen molar-refractivity contribution in [3.63, 3.8) is 0 Å². The largest absolute Gasteiger partial charge is 0.490 e. The van der Waals surface area contributed by atoms with E-state index in [0.29, 0.717) is 30.5 Å². The summed E-state index contributed by atoms with van der Waals surface area (Å²) < 4.78 is 29.0. The van der Waals surface area contributed by atoms with Gasteiger partial charge in [0, 0.05) is 23.5 Å². The number of primary sulfonamides is 1. The maximum Gasteiger partial charge on any atom is 0.335 e. The van der Waals surface area contributed by atoms with Crippen molar-refractivity contribution in [1.82, 2.24) is 0 Å². The molecule has 10 heteroatoms. The van der Waals surface area contributed by atoms with Crippen LogP contribution >= 0.6 is 11.6 Å². The third kappa shape index (κ3) is 6.00. The Morgan fingerprint density at radius 2 is 2.05 bits per heavy atom. The quantitative estimate of drug-likeness (QED) is 0.366. The molecule has 1 heterocycles. The number of nitrogens with zero attached hydrogens (tertiary/aromatic N) is 1. The minimum Gasteiger partial charge on any atom is -0.490 e. The van der Waals surface area contributed by atoms with Gasteiger partial charge in [0.2, 0.25) is 10.0 Å². The Morgan fingerprint density at radius 1 is 1.27 bits per heavy atom. The molecule has 2 aliphatic carbocycles. The lowest BCUT2D eigenvalue weighted by Crippen LogP contribution is -2.49. The topological polar surface area (TPSA) is 130 Å². The number of hydrogen-bond acceptors (Lipinski definition) is 6. The van der Waals surface area contributed by atoms with Crippen LogP contribution in [0.25, 0.3) is 0 Å². The number of nitrogens with two attached hydrogens (primary N) is 1. The third-order valence-corrected chi connectivity index (χ3v) is 11.3. The normalized spacial score (nSPS) is 25.1. The molecule has 2 aromatic rings. The number of hydrogen-bond donors (Lipinski definition) is 3. The summed E-state index contributed by atoms with van der Waals surface area (Å²) >= 11 is 6.35. The number of aryl methyl sites for hydroxylation is 1. The molecular weight excluding hydrogens is 564 g/mol. The van der Waals surface area contributed by atoms with Crippen molar-refractivity contribution in [3.05, 3.63) is 70.3 Å². The number of carbonyl (C=O) groups is 1. The summed E-state index contributed by atoms with van der Waals surface area (Å²) in [4.78, 5) is 14.1. The van der Waals surface area contributed by atoms with E-state index in [0.717, 1.165) is 37.8 Å². The monoisotopic (exact) mass is 602 g/mol. The van der Waals surface area contributed by atoms with Gasteiger partial charge in [-0.15, -0.1) is 0 Å². The van der Waals surface area contributed by atoms with Crippen LogP contribution in [-0.2, 0) is 21.9 Å². The Labute approximate surface area is 247 Å². The molecule has 0 saturated heterocycles. The fraction of sp³-hybridized carbons (Fsp3) is 0.516. The minimum absolute atomic E-state index is 0.00697. The van der Waals surface area contributed by atoms with Gasteiger partial charge in [-0.05, 0) is 106 Å². The molecule has 0 amide bonds. The molecule has 1 spiro atoms. The van der Waals surface area contributed by atoms with Crippen molar-refractivity contribution in [2.45, 2.75) is 68.6 Å². The summed E-state index contributed by atoms with van der Waals surface area (Å²) in [7, 11) is -3.72. The van der Waals surface area contributed by atoms with E-state index in [1.807, 2.05) is 12.1 Å². The van der Waals surface area contributed by atoms with E-state index < -0.39 is 26.8 Å². The van der Waals surface area contributed by atoms with E-state index >= 15 is 0 Å². The molecule has 5 rings (SSSR count). The zero-order valence-corrected chi connectivity index (χ0v) is 25.1. The van der Waals surface area contributed by atoms with Crippen LogP contribution in [0.1, 0.15) is 67.4 Å². The van der Waals surface area contributed by atoms with Crippen molar-refractivity contribution < 1.29 is 28.2 Å². The number of fused-ring (bicyclic) bond motifs is 3. The van der Waals surface area contributed by atoms with Crippen LogP contribution in [0, 0.1) is 11.8 Å². The SMILES string of the molecule is CC(C)(C/C=C/C(O)[C@@H]1CC[C@H]1CN1CC2(CCCc3cc(Cl)ccc32)COc2ccc(C(=O)O)cc21)S(N)(=O)=O. The van der Waals surface area contributed by atoms with Gasteiger partial charge in [-0.3, -0.25) is 0 Å². The number of allylic oxidation sites excluding steroid dienone is 1. The Balaban J connectivity index is 1.41. The fourth-order valence-corrected chi connectivity index (χ4v) is 7.07. The molecule has 4 atom stereocenters. The highest BCUT2D eigenvalue weighted by molar-refractivity contribution is 7.90. The van der Waals surface area contributed by atoms with Crippen LogP contribution in [0.2, 0.25) is 5.02 Å². The number of aromatic carboxylic acids is 1. The second-order valence-electron chi connectivity index (χ2n) is 12.5. The van der Waals surface area contributed by atoms with Gasteiger partial charge in [0.05, 0.1) is 28.7 Å². The maximum atomic E-state index is 11.9. The second-order valence-corrected chi connectivity index (χ2v) is 15.2. The van der Waals surface area contributed by atoms with E-state index in [4.69, 9.17) is 21.5 Å². The fourth-order valence-electron chi connectivity index (χ4n) is 6.55. The van der Waals surface area contributed by atoms with Gasteiger partial charge >= 0.3 is 5.97 Å². The third-order valence-electron chi connectivity index (χ3n) is 9.37. The predicted molar refractivity (Wildman–Crippen MR) is 160 cm³/mol. The predicted octanol–water partition coefficient (Wildman–Crippen LogP) is 4.91. The first-order chi connectivity index (χ1) is 19.3. The molecule has 41 heavy (non-hydrogen) atoms. The van der Waals surface area contributed by atoms with Gasteiger partial charge in [0.1, 0.15) is 5.75 Å². The van der Waals surface area contributed by atoms with Crippen LogP contribution in [0.3, 0.4) is 0 Å². The number of carboxylic acids is 1. The Hall–Kier alpha value is -2.59. The molecule has 8 nitrogen and oxygen atoms in total. The van der Waals surface area contributed by atoms with Crippen LogP contribution < -0.4 is 14.8 Å². The highest BCUT2D eigenvalue weighted by atomic mass is 35.5. The molecular formula is C31H39ClN2O6S. The number of rotatable bonds is 8. The van der Waals surface area contributed by atoms with Crippen molar-refractivity contribution in [2.24, 2.45) is 17.0 Å². The van der Waals surface area contributed by atoms with Gasteiger partial charge < -0.3 is 19.8 Å². The summed E-state index contributed by atoms with van der Waals surface area (Å²) in [5.41, 5.74) is 3.14. The maximum absolute atomic E-state index is 11.9. The second kappa shape index (κ2) is 11.2. The van der Waals surface area contributed by atoms with E-state index in [-0.39, 0.29) is 29.2 Å². The summed E-state index contributed by atoms with van der Waals surface area (Å²) in [6.45, 7) is 4.93. The van der Waals surface area contributed by atoms with Crippen molar-refractivity contribution in [3.8, 4) is 5.75 Å². The number of ether oxygens (including phenoxy) is 1. The number of carboxylic acid groups (broad SMARTS) is 1. The summed E-state index contributed by atoms with van der Waals surface area (Å²) in [5.74, 6) is -0.151. The van der Waals surface area contributed by atoms with Gasteiger partial charge in [0.25, 0.3) is 0 Å². The minimum atomic E-state index is -3.72. The molecule has 2 unspecified atom stereocenters. The molecule has 1 fully saturated rings. The Morgan fingerprint density at radius 3 is 2.73 bits per heavy atom. The standard InChI is InChI=1S/C31H39ClN2O6S/c1-30(2,41(33,38)39)13-4-6-27(35)24-10-7-22(24)17-34-18-31(14-3-5-20-15-23(32)9-11-25(20)31)19-40-28-12-8-21(29(36)37)16-26(28)34/h4,6,8-9,11-12,15-16,22,24,27,35H,3,5,7,10,13-14,17-19H2,1-2H3,(H,36,37)(H2,33,38,39)/b6-4+/t22-,24+,27?,31?/m0/s1. The number of benzene rings is 2. The first kappa shape index (κ1) is 29.9. The Bertz CT molecular complexity index is 1460. The van der Waals surface area contributed by atoms with Crippen molar-refractivity contribution in [2.75, 3.05) is 24.6 Å². The highest BCUT2D eigenvalue weighted by Crippen LogP contribution is 2.46. The average Bonchev–Trinajstić information content (AvgIpc) is 3.02. The summed E-state index contributed by atoms with van der Waals surface area (Å²) in [5, 5.41) is 26.8. The van der Waals surface area contributed by atoms with E-state index in [1.54, 1.807) is 44.2 Å². The highest BCUT2D eigenvalue weighted by Gasteiger charge is 2.44. The first-order valence-corrected chi connectivity index (χ1v) is 16.1. The molecule has 4 N–H and O–H groups in total. The molecule has 0 bridgehead atoms. The molecule has 1 aliphatic heterocycles. The van der Waals surface area contributed by atoms with Crippen LogP contribution in [-0.4, -0.2) is 55.1 Å². The molecule has 0 radical (unpaired) electrons. The van der Waals surface area contributed by atoms with Gasteiger partial charge in [-0.2, -0.15) is 0 Å². The lowest BCUT2D eigenvalue weighted by Gasteiger charge is -2.45. The van der Waals surface area contributed by atoms with E-state index in [9.17, 15) is 23.4 Å². The number of sulfonamides is 1. The van der Waals surface area contributed by atoms with Gasteiger partial charge in [-0.1, -0.05) is 29.8 Å². The number of halogens is 1. The Kier molecular flexibility index (Phi) is 8.20. The molecule has 3 aliphatic rings. The summed E-state index contributed by atoms with van der Waals surface area (Å²) in [6.07, 6.45) is 7.58. The lowest BCUT2D eigenvalue weighted by atomic mass is 9.68. The number of anilines is 1. The molecule has 2 aromatic carbocycles. The number of aliphatic hydroxyl groups excluding tert-OH is 1. The van der Waals surface area contributed by atoms with Crippen molar-refractivity contribution in [1.29, 1.82) is 0 Å². The smallest absolute Gasteiger partial charge is 0.335 e. The zero-order chi connectivity index (χ0) is 29.6. The molecule has 0 aromatic heterocycles. The van der Waals surface area contributed by atoms with E-state index in [2.05, 4.69) is 11.0 Å². The molecule has 1 saturated carbocycles. The first-order valence-electron chi connectivity index (χ1n) is 14.2. The van der Waals surface area contributed by atoms with Crippen molar-refractivity contribution >= 4 is 33.3 Å². The lowest BCUT2D eigenvalue weighted by molar-refractivity contribution is 0.0456. The van der Waals surface area contributed by atoms with Gasteiger partial charge in [0.15, 0.2) is 0 Å². The zero-order valence-electron chi connectivity index (χ0n) is 23.6. The van der Waals surface area contributed by atoms with E-state index in [1.165, 1.54) is 11.1 Å². The average molecular weight is 603 g/mol.